The van der Waals surface area contributed by atoms with Gasteiger partial charge in [0.1, 0.15) is 5.60 Å². The smallest absolute Gasteiger partial charge is 0.306 e. The monoisotopic (exact) mass is 606 g/mol. The first kappa shape index (κ1) is 28.8. The van der Waals surface area contributed by atoms with Crippen molar-refractivity contribution in [1.29, 1.82) is 0 Å². The number of hydrogen-bond donors (Lipinski definition) is 1. The molecule has 4 rings (SSSR count). The number of hydrogen-bond acceptors (Lipinski definition) is 4. The van der Waals surface area contributed by atoms with Crippen LogP contribution in [0, 0.1) is 6.92 Å². The van der Waals surface area contributed by atoms with Gasteiger partial charge < -0.3 is 10.1 Å². The molecule has 1 unspecified atom stereocenters. The van der Waals surface area contributed by atoms with E-state index in [9.17, 15) is 9.59 Å². The number of halogens is 2. The number of benzene rings is 3. The molecule has 0 aliphatic rings. The third-order valence-corrected chi connectivity index (χ3v) is 7.27. The Kier molecular flexibility index (Phi) is 9.08. The van der Waals surface area contributed by atoms with E-state index in [4.69, 9.17) is 21.3 Å². The molecule has 0 bridgehead atoms. The van der Waals surface area contributed by atoms with E-state index < -0.39 is 5.60 Å². The maximum Gasteiger partial charge on any atom is 0.306 e. The van der Waals surface area contributed by atoms with E-state index in [0.29, 0.717) is 23.6 Å². The molecule has 1 heterocycles. The molecule has 0 fully saturated rings. The Labute approximate surface area is 243 Å². The number of nitrogens with one attached hydrogen (secondary N) is 1. The van der Waals surface area contributed by atoms with Crippen molar-refractivity contribution in [3.8, 4) is 11.3 Å². The molecular formula is C32H32BrClN2O3. The van der Waals surface area contributed by atoms with Gasteiger partial charge >= 0.3 is 5.97 Å². The van der Waals surface area contributed by atoms with Gasteiger partial charge in [0.25, 0.3) is 5.91 Å². The topological polar surface area (TPSA) is 68.3 Å². The highest BCUT2D eigenvalue weighted by Crippen LogP contribution is 2.32. The summed E-state index contributed by atoms with van der Waals surface area (Å²) in [4.78, 5) is 31.2. The van der Waals surface area contributed by atoms with E-state index in [2.05, 4.69) is 21.2 Å². The van der Waals surface area contributed by atoms with Crippen LogP contribution in [-0.4, -0.2) is 29.0 Å². The lowest BCUT2D eigenvalue weighted by atomic mass is 9.93. The van der Waals surface area contributed by atoms with Gasteiger partial charge in [0.2, 0.25) is 0 Å². The Bertz CT molecular complexity index is 1500. The molecule has 1 aromatic heterocycles. The molecular weight excluding hydrogens is 576 g/mol. The second-order valence-electron chi connectivity index (χ2n) is 10.5. The van der Waals surface area contributed by atoms with Crippen LogP contribution < -0.4 is 5.32 Å². The number of aromatic nitrogens is 1. The molecule has 39 heavy (non-hydrogen) atoms. The van der Waals surface area contributed by atoms with E-state index in [1.165, 1.54) is 0 Å². The fourth-order valence-corrected chi connectivity index (χ4v) is 5.31. The van der Waals surface area contributed by atoms with E-state index in [1.807, 2.05) is 100 Å². The van der Waals surface area contributed by atoms with Gasteiger partial charge in [0.15, 0.2) is 0 Å². The van der Waals surface area contributed by atoms with Crippen LogP contribution in [0.25, 0.3) is 22.2 Å². The maximum absolute atomic E-state index is 13.8. The van der Waals surface area contributed by atoms with E-state index in [0.717, 1.165) is 37.8 Å². The molecule has 0 radical (unpaired) electrons. The molecule has 1 amide bonds. The number of fused-ring (bicyclic) bond motifs is 1. The van der Waals surface area contributed by atoms with Crippen LogP contribution in [0.5, 0.6) is 0 Å². The Balaban J connectivity index is 1.65. The molecule has 7 heteroatoms. The average molecular weight is 608 g/mol. The van der Waals surface area contributed by atoms with Crippen LogP contribution in [0.1, 0.15) is 61.0 Å². The van der Waals surface area contributed by atoms with E-state index in [1.54, 1.807) is 0 Å². The quantitative estimate of drug-likeness (QED) is 0.205. The predicted molar refractivity (Wildman–Crippen MR) is 161 cm³/mol. The molecule has 5 nitrogen and oxygen atoms in total. The number of ether oxygens (including phenoxy) is 1. The van der Waals surface area contributed by atoms with Crippen molar-refractivity contribution in [3.05, 3.63) is 99.0 Å². The van der Waals surface area contributed by atoms with Crippen molar-refractivity contribution >= 4 is 50.3 Å². The molecule has 0 saturated carbocycles. The highest BCUT2D eigenvalue weighted by Gasteiger charge is 2.23. The van der Waals surface area contributed by atoms with Crippen molar-refractivity contribution in [2.45, 2.75) is 52.1 Å². The molecule has 1 atom stereocenters. The zero-order valence-electron chi connectivity index (χ0n) is 22.6. The molecule has 0 aliphatic heterocycles. The van der Waals surface area contributed by atoms with Crippen LogP contribution >= 0.6 is 27.5 Å². The van der Waals surface area contributed by atoms with Gasteiger partial charge in [0, 0.05) is 39.3 Å². The zero-order valence-corrected chi connectivity index (χ0v) is 24.9. The van der Waals surface area contributed by atoms with Crippen molar-refractivity contribution in [1.82, 2.24) is 10.3 Å². The fourth-order valence-electron chi connectivity index (χ4n) is 4.66. The third-order valence-electron chi connectivity index (χ3n) is 6.44. The summed E-state index contributed by atoms with van der Waals surface area (Å²) < 4.78 is 6.37. The molecule has 0 aliphatic carbocycles. The summed E-state index contributed by atoms with van der Waals surface area (Å²) in [6.07, 6.45) is 0.696. The lowest BCUT2D eigenvalue weighted by molar-refractivity contribution is -0.155. The molecule has 3 aromatic carbocycles. The minimum atomic E-state index is -0.560. The Morgan fingerprint density at radius 3 is 2.41 bits per heavy atom. The average Bonchev–Trinajstić information content (AvgIpc) is 2.88. The summed E-state index contributed by atoms with van der Waals surface area (Å²) in [7, 11) is 0. The first-order valence-corrected chi connectivity index (χ1v) is 14.1. The summed E-state index contributed by atoms with van der Waals surface area (Å²) in [5.41, 5.74) is 4.14. The number of carbonyl (C=O) groups excluding carboxylic acids is 2. The fraction of sp³-hybridized carbons (Fsp3) is 0.281. The highest BCUT2D eigenvalue weighted by atomic mass is 79.9. The van der Waals surface area contributed by atoms with Crippen molar-refractivity contribution in [2.75, 3.05) is 6.54 Å². The van der Waals surface area contributed by atoms with Gasteiger partial charge in [-0.25, -0.2) is 4.98 Å². The van der Waals surface area contributed by atoms with Crippen molar-refractivity contribution < 1.29 is 14.3 Å². The summed E-state index contributed by atoms with van der Waals surface area (Å²) >= 11 is 10.1. The number of rotatable bonds is 8. The summed E-state index contributed by atoms with van der Waals surface area (Å²) in [5.74, 6) is -0.660. The zero-order chi connectivity index (χ0) is 28.2. The Hall–Kier alpha value is -3.22. The molecule has 0 saturated heterocycles. The molecule has 0 spiro atoms. The van der Waals surface area contributed by atoms with Crippen LogP contribution in [0.4, 0.5) is 0 Å². The minimum Gasteiger partial charge on any atom is -0.460 e. The number of amides is 1. The van der Waals surface area contributed by atoms with Crippen LogP contribution in [0.3, 0.4) is 0 Å². The van der Waals surface area contributed by atoms with Crippen LogP contribution in [-0.2, 0) is 9.53 Å². The third kappa shape index (κ3) is 7.25. The number of esters is 1. The minimum absolute atomic E-state index is 0.177. The van der Waals surface area contributed by atoms with E-state index in [-0.39, 0.29) is 24.2 Å². The lowest BCUT2D eigenvalue weighted by Gasteiger charge is -2.22. The maximum atomic E-state index is 13.8. The number of carbonyl (C=O) groups is 2. The van der Waals surface area contributed by atoms with Gasteiger partial charge in [-0.15, -0.1) is 0 Å². The second-order valence-corrected chi connectivity index (χ2v) is 11.9. The van der Waals surface area contributed by atoms with Crippen molar-refractivity contribution in [2.24, 2.45) is 0 Å². The van der Waals surface area contributed by atoms with Crippen molar-refractivity contribution in [3.63, 3.8) is 0 Å². The van der Waals surface area contributed by atoms with Crippen LogP contribution in [0.15, 0.2) is 77.3 Å². The lowest BCUT2D eigenvalue weighted by Crippen LogP contribution is -2.30. The summed E-state index contributed by atoms with van der Waals surface area (Å²) in [6, 6.07) is 23.2. The standard InChI is InChI=1S/C32H32BrClN2O3/c1-20-29(25-18-23(33)15-16-27(25)36-30(20)21-10-6-5-7-11-21)31(38)35-19-22(24-12-8-9-13-26(24)34)14-17-28(37)39-32(2,3)4/h5-13,15-16,18,22H,14,17,19H2,1-4H3,(H,35,38). The van der Waals surface area contributed by atoms with E-state index >= 15 is 0 Å². The first-order chi connectivity index (χ1) is 18.5. The molecule has 202 valence electrons. The first-order valence-electron chi connectivity index (χ1n) is 12.9. The van der Waals surface area contributed by atoms with Gasteiger partial charge in [0.05, 0.1) is 16.8 Å². The highest BCUT2D eigenvalue weighted by molar-refractivity contribution is 9.10. The Morgan fingerprint density at radius 1 is 1.03 bits per heavy atom. The Morgan fingerprint density at radius 2 is 1.72 bits per heavy atom. The van der Waals surface area contributed by atoms with Gasteiger partial charge in [-0.3, -0.25) is 9.59 Å². The number of nitrogens with zero attached hydrogens (tertiary/aromatic N) is 1. The van der Waals surface area contributed by atoms with Gasteiger partial charge in [-0.2, -0.15) is 0 Å². The second kappa shape index (κ2) is 12.3. The van der Waals surface area contributed by atoms with Gasteiger partial charge in [-0.1, -0.05) is 76.1 Å². The van der Waals surface area contributed by atoms with Crippen LogP contribution in [0.2, 0.25) is 5.02 Å². The predicted octanol–water partition coefficient (Wildman–Crippen LogP) is 8.26. The molecule has 4 aromatic rings. The largest absolute Gasteiger partial charge is 0.460 e. The SMILES string of the molecule is Cc1c(-c2ccccc2)nc2ccc(Br)cc2c1C(=O)NCC(CCC(=O)OC(C)(C)C)c1ccccc1Cl. The summed E-state index contributed by atoms with van der Waals surface area (Å²) in [5, 5.41) is 4.50. The molecule has 1 N–H and O–H groups in total. The summed E-state index contributed by atoms with van der Waals surface area (Å²) in [6.45, 7) is 7.78. The normalized spacial score (nSPS) is 12.3. The number of pyridine rings is 1. The van der Waals surface area contributed by atoms with Gasteiger partial charge in [-0.05, 0) is 69.5 Å².